The van der Waals surface area contributed by atoms with Crippen molar-refractivity contribution in [2.75, 3.05) is 12.4 Å². The summed E-state index contributed by atoms with van der Waals surface area (Å²) in [6.45, 7) is 0. The minimum Gasteiger partial charge on any atom is -0.465 e. The Labute approximate surface area is 127 Å². The smallest absolute Gasteiger partial charge is 0.345 e. The zero-order valence-corrected chi connectivity index (χ0v) is 12.3. The second kappa shape index (κ2) is 6.17. The molecule has 116 valence electrons. The van der Waals surface area contributed by atoms with E-state index in [1.54, 1.807) is 12.1 Å². The monoisotopic (exact) mass is 304 g/mol. The molecular weight excluding hydrogens is 287 g/mol. The summed E-state index contributed by atoms with van der Waals surface area (Å²) in [5.74, 6) is -0.560. The van der Waals surface area contributed by atoms with E-state index in [1.165, 1.54) is 19.2 Å². The zero-order valence-electron chi connectivity index (χ0n) is 12.3. The molecule has 1 aliphatic rings. The number of carbonyl (C=O) groups is 1. The molecule has 1 aromatic carbocycles. The predicted molar refractivity (Wildman–Crippen MR) is 79.1 cm³/mol. The number of esters is 1. The van der Waals surface area contributed by atoms with Crippen LogP contribution in [0.2, 0.25) is 0 Å². The van der Waals surface area contributed by atoms with E-state index >= 15 is 0 Å². The van der Waals surface area contributed by atoms with E-state index in [0.717, 1.165) is 25.7 Å². The van der Waals surface area contributed by atoms with Gasteiger partial charge < -0.3 is 14.6 Å². The third-order valence-electron chi connectivity index (χ3n) is 3.89. The van der Waals surface area contributed by atoms with E-state index in [4.69, 9.17) is 9.26 Å². The van der Waals surface area contributed by atoms with Crippen LogP contribution in [0.4, 0.5) is 10.3 Å². The van der Waals surface area contributed by atoms with Crippen molar-refractivity contribution in [3.05, 3.63) is 35.6 Å². The van der Waals surface area contributed by atoms with Crippen LogP contribution < -0.4 is 5.32 Å². The fraction of sp³-hybridized carbons (Fsp3) is 0.375. The van der Waals surface area contributed by atoms with Gasteiger partial charge in [0, 0.05) is 11.6 Å². The zero-order chi connectivity index (χ0) is 15.5. The molecule has 1 aromatic heterocycles. The number of anilines is 1. The quantitative estimate of drug-likeness (QED) is 0.874. The molecule has 2 aromatic rings. The van der Waals surface area contributed by atoms with Gasteiger partial charge in [-0.2, -0.15) is 0 Å². The summed E-state index contributed by atoms with van der Waals surface area (Å²) in [7, 11) is 1.31. The van der Waals surface area contributed by atoms with Crippen LogP contribution >= 0.6 is 0 Å². The van der Waals surface area contributed by atoms with Crippen LogP contribution in [-0.4, -0.2) is 24.3 Å². The fourth-order valence-corrected chi connectivity index (χ4v) is 2.74. The number of methoxy groups -OCH3 is 1. The highest BCUT2D eigenvalue weighted by Crippen LogP contribution is 2.32. The number of carbonyl (C=O) groups excluding carboxylic acids is 1. The third kappa shape index (κ3) is 2.81. The highest BCUT2D eigenvalue weighted by Gasteiger charge is 2.27. The van der Waals surface area contributed by atoms with Crippen molar-refractivity contribution in [1.29, 1.82) is 0 Å². The summed E-state index contributed by atoms with van der Waals surface area (Å²) in [6.07, 6.45) is 4.38. The molecule has 3 rings (SSSR count). The largest absolute Gasteiger partial charge is 0.465 e. The average molecular weight is 304 g/mol. The maximum atomic E-state index is 13.1. The number of hydrogen-bond donors (Lipinski definition) is 1. The van der Waals surface area contributed by atoms with E-state index in [-0.39, 0.29) is 17.4 Å². The molecule has 1 aliphatic carbocycles. The van der Waals surface area contributed by atoms with Gasteiger partial charge in [-0.05, 0) is 37.1 Å². The van der Waals surface area contributed by atoms with Crippen molar-refractivity contribution in [3.8, 4) is 11.3 Å². The van der Waals surface area contributed by atoms with Crippen molar-refractivity contribution < 1.29 is 18.4 Å². The molecule has 1 heterocycles. The molecule has 0 aliphatic heterocycles. The van der Waals surface area contributed by atoms with Gasteiger partial charge in [0.1, 0.15) is 11.5 Å². The third-order valence-corrected chi connectivity index (χ3v) is 3.89. The highest BCUT2D eigenvalue weighted by molar-refractivity contribution is 6.00. The maximum Gasteiger partial charge on any atom is 0.345 e. The Hall–Kier alpha value is -2.37. The van der Waals surface area contributed by atoms with Gasteiger partial charge in [-0.3, -0.25) is 0 Å². The first-order valence-electron chi connectivity index (χ1n) is 7.29. The van der Waals surface area contributed by atoms with E-state index in [9.17, 15) is 9.18 Å². The average Bonchev–Trinajstić information content (AvgIpc) is 3.18. The van der Waals surface area contributed by atoms with Crippen molar-refractivity contribution in [1.82, 2.24) is 5.16 Å². The van der Waals surface area contributed by atoms with E-state index < -0.39 is 5.97 Å². The molecule has 0 unspecified atom stereocenters. The van der Waals surface area contributed by atoms with Gasteiger partial charge in [-0.15, -0.1) is 0 Å². The summed E-state index contributed by atoms with van der Waals surface area (Å²) in [6, 6.07) is 6.01. The minimum absolute atomic E-state index is 0.251. The summed E-state index contributed by atoms with van der Waals surface area (Å²) in [5, 5.41) is 7.19. The lowest BCUT2D eigenvalue weighted by Gasteiger charge is -2.11. The standard InChI is InChI=1S/C16H17FN2O3/c1-21-16(20)13-14(10-6-8-11(17)9-7-10)19-22-15(13)18-12-4-2-3-5-12/h6-9,12,18H,2-5H2,1H3. The van der Waals surface area contributed by atoms with Gasteiger partial charge in [0.2, 0.25) is 5.88 Å². The molecule has 0 radical (unpaired) electrons. The van der Waals surface area contributed by atoms with Gasteiger partial charge in [0.05, 0.1) is 7.11 Å². The van der Waals surface area contributed by atoms with Gasteiger partial charge >= 0.3 is 5.97 Å². The van der Waals surface area contributed by atoms with Crippen LogP contribution in [-0.2, 0) is 4.74 Å². The normalized spacial score (nSPS) is 15.0. The fourth-order valence-electron chi connectivity index (χ4n) is 2.74. The van der Waals surface area contributed by atoms with Crippen LogP contribution in [0.15, 0.2) is 28.8 Å². The van der Waals surface area contributed by atoms with Crippen LogP contribution in [0.25, 0.3) is 11.3 Å². The van der Waals surface area contributed by atoms with Crippen LogP contribution in [0, 0.1) is 5.82 Å². The molecule has 0 bridgehead atoms. The molecule has 0 amide bonds. The lowest BCUT2D eigenvalue weighted by molar-refractivity contribution is 0.0602. The Morgan fingerprint density at radius 3 is 2.64 bits per heavy atom. The summed E-state index contributed by atoms with van der Waals surface area (Å²) < 4.78 is 23.2. The molecule has 1 fully saturated rings. The molecule has 5 nitrogen and oxygen atoms in total. The van der Waals surface area contributed by atoms with Crippen LogP contribution in [0.5, 0.6) is 0 Å². The number of aromatic nitrogens is 1. The second-order valence-electron chi connectivity index (χ2n) is 5.36. The van der Waals surface area contributed by atoms with Crippen LogP contribution in [0.3, 0.4) is 0 Å². The number of nitrogens with zero attached hydrogens (tertiary/aromatic N) is 1. The Kier molecular flexibility index (Phi) is 4.09. The predicted octanol–water partition coefficient (Wildman–Crippen LogP) is 3.62. The lowest BCUT2D eigenvalue weighted by atomic mass is 10.1. The first kappa shape index (κ1) is 14.6. The van der Waals surface area contributed by atoms with E-state index in [2.05, 4.69) is 10.5 Å². The van der Waals surface area contributed by atoms with Gasteiger partial charge in [-0.25, -0.2) is 9.18 Å². The Morgan fingerprint density at radius 2 is 2.00 bits per heavy atom. The molecule has 6 heteroatoms. The van der Waals surface area contributed by atoms with E-state index in [0.29, 0.717) is 17.1 Å². The van der Waals surface area contributed by atoms with Crippen molar-refractivity contribution in [3.63, 3.8) is 0 Å². The van der Waals surface area contributed by atoms with Crippen molar-refractivity contribution in [2.24, 2.45) is 0 Å². The van der Waals surface area contributed by atoms with Crippen molar-refractivity contribution in [2.45, 2.75) is 31.7 Å². The number of hydrogen-bond acceptors (Lipinski definition) is 5. The van der Waals surface area contributed by atoms with Gasteiger partial charge in [-0.1, -0.05) is 18.0 Å². The number of nitrogens with one attached hydrogen (secondary N) is 1. The minimum atomic E-state index is -0.527. The summed E-state index contributed by atoms with van der Waals surface area (Å²) in [5.41, 5.74) is 1.21. The molecular formula is C16H17FN2O3. The Balaban J connectivity index is 1.97. The van der Waals surface area contributed by atoms with Crippen LogP contribution in [0.1, 0.15) is 36.0 Å². The first-order chi connectivity index (χ1) is 10.7. The molecule has 22 heavy (non-hydrogen) atoms. The number of benzene rings is 1. The van der Waals surface area contributed by atoms with E-state index in [1.807, 2.05) is 0 Å². The maximum absolute atomic E-state index is 13.1. The molecule has 0 spiro atoms. The Bertz CT molecular complexity index is 661. The topological polar surface area (TPSA) is 64.4 Å². The molecule has 0 atom stereocenters. The Morgan fingerprint density at radius 1 is 1.32 bits per heavy atom. The molecule has 1 saturated carbocycles. The van der Waals surface area contributed by atoms with Gasteiger partial charge in [0.15, 0.2) is 5.56 Å². The number of ether oxygens (including phenoxy) is 1. The lowest BCUT2D eigenvalue weighted by Crippen LogP contribution is -2.16. The molecule has 1 N–H and O–H groups in total. The summed E-state index contributed by atoms with van der Waals surface area (Å²) >= 11 is 0. The van der Waals surface area contributed by atoms with Crippen molar-refractivity contribution >= 4 is 11.9 Å². The second-order valence-corrected chi connectivity index (χ2v) is 5.36. The highest BCUT2D eigenvalue weighted by atomic mass is 19.1. The number of halogens is 1. The first-order valence-corrected chi connectivity index (χ1v) is 7.29. The molecule has 0 saturated heterocycles. The summed E-state index contributed by atoms with van der Waals surface area (Å²) in [4.78, 5) is 12.1. The van der Waals surface area contributed by atoms with Gasteiger partial charge in [0.25, 0.3) is 0 Å². The SMILES string of the molecule is COC(=O)c1c(-c2ccc(F)cc2)noc1NC1CCCC1. The number of rotatable bonds is 4.